The summed E-state index contributed by atoms with van der Waals surface area (Å²) in [6, 6.07) is 14.7. The maximum absolute atomic E-state index is 6.60. The highest BCUT2D eigenvalue weighted by Gasteiger charge is 2.38. The topological polar surface area (TPSA) is 37.0 Å². The molecule has 1 aliphatic heterocycles. The molecule has 0 radical (unpaired) electrons. The summed E-state index contributed by atoms with van der Waals surface area (Å²) in [7, 11) is 0. The van der Waals surface area contributed by atoms with Crippen LogP contribution in [0.25, 0.3) is 10.9 Å². The van der Waals surface area contributed by atoms with Crippen LogP contribution in [-0.4, -0.2) is 18.1 Å². The number of fused-ring (bicyclic) bond motifs is 1. The van der Waals surface area contributed by atoms with Crippen molar-refractivity contribution in [1.82, 2.24) is 10.3 Å². The van der Waals surface area contributed by atoms with Gasteiger partial charge in [-0.25, -0.2) is 0 Å². The van der Waals surface area contributed by atoms with Gasteiger partial charge < -0.3 is 10.6 Å². The Bertz CT molecular complexity index is 909. The van der Waals surface area contributed by atoms with E-state index in [0.717, 1.165) is 41.1 Å². The molecule has 0 unspecified atom stereocenters. The molecule has 3 aromatic rings. The lowest BCUT2D eigenvalue weighted by Gasteiger charge is -2.33. The van der Waals surface area contributed by atoms with Crippen LogP contribution < -0.4 is 10.6 Å². The molecule has 4 rings (SSSR count). The third-order valence-electron chi connectivity index (χ3n) is 5.06. The first-order valence-corrected chi connectivity index (χ1v) is 9.06. The standard InChI is InChI=1S/C21H22ClN3/c1-14-10-16-6-7-17(11-19(16)24-12-14)25-21(8-9-23-13-21)20-15(2)4-3-5-18(20)22/h3-7,10-12,23,25H,8-9,13H2,1-2H3/t21-/m1/s1. The van der Waals surface area contributed by atoms with Gasteiger partial charge >= 0.3 is 0 Å². The number of nitrogens with zero attached hydrogens (tertiary/aromatic N) is 1. The van der Waals surface area contributed by atoms with E-state index in [1.165, 1.54) is 16.7 Å². The molecular weight excluding hydrogens is 330 g/mol. The van der Waals surface area contributed by atoms with Gasteiger partial charge in [0.25, 0.3) is 0 Å². The summed E-state index contributed by atoms with van der Waals surface area (Å²) in [6.07, 6.45) is 2.91. The molecule has 0 bridgehead atoms. The van der Waals surface area contributed by atoms with Crippen LogP contribution in [0.3, 0.4) is 0 Å². The predicted molar refractivity (Wildman–Crippen MR) is 105 cm³/mol. The molecule has 1 saturated heterocycles. The minimum atomic E-state index is -0.194. The molecule has 3 nitrogen and oxygen atoms in total. The number of aryl methyl sites for hydroxylation is 2. The van der Waals surface area contributed by atoms with Crippen LogP contribution in [-0.2, 0) is 5.54 Å². The third-order valence-corrected chi connectivity index (χ3v) is 5.38. The van der Waals surface area contributed by atoms with Gasteiger partial charge in [0.1, 0.15) is 0 Å². The Morgan fingerprint density at radius 3 is 2.80 bits per heavy atom. The van der Waals surface area contributed by atoms with E-state index in [1.54, 1.807) is 0 Å². The molecule has 2 aromatic carbocycles. The largest absolute Gasteiger partial charge is 0.374 e. The fraction of sp³-hybridized carbons (Fsp3) is 0.286. The fourth-order valence-corrected chi connectivity index (χ4v) is 4.30. The molecule has 0 spiro atoms. The Morgan fingerprint density at radius 2 is 2.04 bits per heavy atom. The maximum Gasteiger partial charge on any atom is 0.0778 e. The number of rotatable bonds is 3. The normalized spacial score (nSPS) is 20.1. The van der Waals surface area contributed by atoms with Crippen LogP contribution in [0.4, 0.5) is 5.69 Å². The van der Waals surface area contributed by atoms with E-state index in [-0.39, 0.29) is 5.54 Å². The molecule has 0 amide bonds. The lowest BCUT2D eigenvalue weighted by molar-refractivity contribution is 0.540. The Morgan fingerprint density at radius 1 is 1.16 bits per heavy atom. The second-order valence-electron chi connectivity index (χ2n) is 6.99. The molecule has 0 aliphatic carbocycles. The zero-order valence-corrected chi connectivity index (χ0v) is 15.3. The van der Waals surface area contributed by atoms with Crippen molar-refractivity contribution in [2.45, 2.75) is 25.8 Å². The molecule has 1 fully saturated rings. The summed E-state index contributed by atoms with van der Waals surface area (Å²) >= 11 is 6.60. The average molecular weight is 352 g/mol. The van der Waals surface area contributed by atoms with Crippen molar-refractivity contribution in [3.05, 3.63) is 70.4 Å². The molecule has 1 aliphatic rings. The number of halogens is 1. The molecular formula is C21H22ClN3. The summed E-state index contributed by atoms with van der Waals surface area (Å²) in [5.74, 6) is 0. The van der Waals surface area contributed by atoms with Crippen LogP contribution in [0.15, 0.2) is 48.7 Å². The van der Waals surface area contributed by atoms with Gasteiger partial charge in [0.05, 0.1) is 11.1 Å². The van der Waals surface area contributed by atoms with Crippen LogP contribution in [0.1, 0.15) is 23.1 Å². The molecule has 1 aromatic heterocycles. The van der Waals surface area contributed by atoms with Crippen molar-refractivity contribution in [2.24, 2.45) is 0 Å². The highest BCUT2D eigenvalue weighted by atomic mass is 35.5. The van der Waals surface area contributed by atoms with Gasteiger partial charge in [-0.3, -0.25) is 4.98 Å². The monoisotopic (exact) mass is 351 g/mol. The minimum absolute atomic E-state index is 0.194. The number of aromatic nitrogens is 1. The van der Waals surface area contributed by atoms with Gasteiger partial charge in [-0.2, -0.15) is 0 Å². The first kappa shape index (κ1) is 16.4. The lowest BCUT2D eigenvalue weighted by atomic mass is 9.85. The number of hydrogen-bond acceptors (Lipinski definition) is 3. The Labute approximate surface area is 153 Å². The average Bonchev–Trinajstić information content (AvgIpc) is 3.04. The van der Waals surface area contributed by atoms with Crippen LogP contribution >= 0.6 is 11.6 Å². The van der Waals surface area contributed by atoms with E-state index in [2.05, 4.69) is 59.8 Å². The summed E-state index contributed by atoms with van der Waals surface area (Å²) in [6.45, 7) is 6.03. The van der Waals surface area contributed by atoms with Gasteiger partial charge in [-0.05, 0) is 62.2 Å². The summed E-state index contributed by atoms with van der Waals surface area (Å²) in [5, 5.41) is 9.26. The third kappa shape index (κ3) is 2.99. The molecule has 128 valence electrons. The van der Waals surface area contributed by atoms with Gasteiger partial charge in [0, 0.05) is 34.4 Å². The number of pyridine rings is 1. The summed E-state index contributed by atoms with van der Waals surface area (Å²) in [5.41, 5.74) is 5.48. The van der Waals surface area contributed by atoms with Gasteiger partial charge in [-0.1, -0.05) is 29.8 Å². The highest BCUT2D eigenvalue weighted by molar-refractivity contribution is 6.31. The summed E-state index contributed by atoms with van der Waals surface area (Å²) in [4.78, 5) is 4.56. The second-order valence-corrected chi connectivity index (χ2v) is 7.39. The van der Waals surface area contributed by atoms with Crippen LogP contribution in [0.5, 0.6) is 0 Å². The van der Waals surface area contributed by atoms with Crippen molar-refractivity contribution >= 4 is 28.2 Å². The Balaban J connectivity index is 1.77. The second kappa shape index (κ2) is 6.32. The Kier molecular flexibility index (Phi) is 4.14. The number of anilines is 1. The van der Waals surface area contributed by atoms with E-state index in [4.69, 9.17) is 11.6 Å². The zero-order valence-electron chi connectivity index (χ0n) is 14.6. The van der Waals surface area contributed by atoms with Gasteiger partial charge in [-0.15, -0.1) is 0 Å². The quantitative estimate of drug-likeness (QED) is 0.711. The van der Waals surface area contributed by atoms with Crippen LogP contribution in [0, 0.1) is 13.8 Å². The lowest BCUT2D eigenvalue weighted by Crippen LogP contribution is -2.38. The van der Waals surface area contributed by atoms with Crippen molar-refractivity contribution < 1.29 is 0 Å². The molecule has 4 heteroatoms. The first-order chi connectivity index (χ1) is 12.1. The summed E-state index contributed by atoms with van der Waals surface area (Å²) < 4.78 is 0. The van der Waals surface area contributed by atoms with Gasteiger partial charge in [0.15, 0.2) is 0 Å². The van der Waals surface area contributed by atoms with Crippen LogP contribution in [0.2, 0.25) is 5.02 Å². The first-order valence-electron chi connectivity index (χ1n) is 8.68. The van der Waals surface area contributed by atoms with Crippen molar-refractivity contribution in [2.75, 3.05) is 18.4 Å². The molecule has 2 N–H and O–H groups in total. The number of benzene rings is 2. The van der Waals surface area contributed by atoms with E-state index < -0.39 is 0 Å². The number of nitrogens with one attached hydrogen (secondary N) is 2. The van der Waals surface area contributed by atoms with E-state index >= 15 is 0 Å². The van der Waals surface area contributed by atoms with Crippen molar-refractivity contribution in [3.8, 4) is 0 Å². The van der Waals surface area contributed by atoms with E-state index in [9.17, 15) is 0 Å². The number of hydrogen-bond donors (Lipinski definition) is 2. The SMILES string of the molecule is Cc1cnc2cc(N[C@]3(c4c(C)cccc4Cl)CCNC3)ccc2c1. The van der Waals surface area contributed by atoms with Crippen molar-refractivity contribution in [3.63, 3.8) is 0 Å². The fourth-order valence-electron chi connectivity index (χ4n) is 3.90. The predicted octanol–water partition coefficient (Wildman–Crippen LogP) is 4.81. The maximum atomic E-state index is 6.60. The highest BCUT2D eigenvalue weighted by Crippen LogP contribution is 2.38. The zero-order chi connectivity index (χ0) is 17.4. The smallest absolute Gasteiger partial charge is 0.0778 e. The van der Waals surface area contributed by atoms with E-state index in [1.807, 2.05) is 18.3 Å². The van der Waals surface area contributed by atoms with E-state index in [0.29, 0.717) is 0 Å². The molecule has 2 heterocycles. The van der Waals surface area contributed by atoms with Crippen molar-refractivity contribution in [1.29, 1.82) is 0 Å². The minimum Gasteiger partial charge on any atom is -0.374 e. The molecule has 25 heavy (non-hydrogen) atoms. The molecule has 1 atom stereocenters. The molecule has 0 saturated carbocycles. The van der Waals surface area contributed by atoms with Gasteiger partial charge in [0.2, 0.25) is 0 Å². The Hall–Kier alpha value is -2.10.